The van der Waals surface area contributed by atoms with E-state index in [0.717, 1.165) is 24.8 Å². The zero-order valence-electron chi connectivity index (χ0n) is 13.9. The van der Waals surface area contributed by atoms with Crippen LogP contribution in [0.1, 0.15) is 44.5 Å². The highest BCUT2D eigenvalue weighted by Crippen LogP contribution is 2.27. The van der Waals surface area contributed by atoms with Crippen LogP contribution in [0.3, 0.4) is 0 Å². The minimum absolute atomic E-state index is 0. The molecule has 1 aromatic carbocycles. The fourth-order valence-corrected chi connectivity index (χ4v) is 3.17. The van der Waals surface area contributed by atoms with Crippen molar-refractivity contribution < 1.29 is 9.32 Å². The molecule has 1 aliphatic carbocycles. The van der Waals surface area contributed by atoms with Crippen LogP contribution >= 0.6 is 24.0 Å². The zero-order chi connectivity index (χ0) is 17.1. The number of hydrogen-bond acceptors (Lipinski definition) is 5. The molecule has 1 saturated carbocycles. The first kappa shape index (κ1) is 19.7. The monoisotopic (exact) mass is 384 g/mol. The highest BCUT2D eigenvalue weighted by atomic mass is 35.5. The summed E-state index contributed by atoms with van der Waals surface area (Å²) in [5, 5.41) is 7.52. The number of aromatic nitrogens is 2. The number of carbonyl (C=O) groups excluding carboxylic acids is 1. The van der Waals surface area contributed by atoms with Crippen LogP contribution in [-0.4, -0.2) is 22.1 Å². The molecule has 0 radical (unpaired) electrons. The van der Waals surface area contributed by atoms with Crippen molar-refractivity contribution in [3.8, 4) is 11.5 Å². The average Bonchev–Trinajstić information content (AvgIpc) is 3.18. The molecule has 136 valence electrons. The minimum atomic E-state index is -0.320. The zero-order valence-corrected chi connectivity index (χ0v) is 15.5. The van der Waals surface area contributed by atoms with Crippen LogP contribution in [0.5, 0.6) is 0 Å². The smallest absolute Gasteiger partial charge is 0.257 e. The van der Waals surface area contributed by atoms with Crippen LogP contribution in [0.15, 0.2) is 28.8 Å². The molecule has 6 nitrogen and oxygen atoms in total. The lowest BCUT2D eigenvalue weighted by Gasteiger charge is -2.16. The van der Waals surface area contributed by atoms with Gasteiger partial charge in [0.15, 0.2) is 5.82 Å². The second-order valence-electron chi connectivity index (χ2n) is 6.31. The van der Waals surface area contributed by atoms with Gasteiger partial charge in [-0.05, 0) is 49.9 Å². The lowest BCUT2D eigenvalue weighted by molar-refractivity contribution is -0.122. The topological polar surface area (TPSA) is 94.0 Å². The third kappa shape index (κ3) is 4.93. The molecule has 3 N–H and O–H groups in total. The molecule has 0 spiro atoms. The van der Waals surface area contributed by atoms with Crippen molar-refractivity contribution in [3.05, 3.63) is 35.1 Å². The van der Waals surface area contributed by atoms with Gasteiger partial charge in [0.05, 0.1) is 6.04 Å². The van der Waals surface area contributed by atoms with Gasteiger partial charge in [-0.15, -0.1) is 12.4 Å². The van der Waals surface area contributed by atoms with Gasteiger partial charge in [-0.2, -0.15) is 4.98 Å². The van der Waals surface area contributed by atoms with Gasteiger partial charge >= 0.3 is 0 Å². The summed E-state index contributed by atoms with van der Waals surface area (Å²) in [7, 11) is 0. The Morgan fingerprint density at radius 3 is 2.76 bits per heavy atom. The Bertz CT molecular complexity index is 705. The number of nitrogens with two attached hydrogens (primary N) is 1. The van der Waals surface area contributed by atoms with Crippen LogP contribution in [0.25, 0.3) is 11.5 Å². The molecule has 25 heavy (non-hydrogen) atoms. The van der Waals surface area contributed by atoms with E-state index in [2.05, 4.69) is 15.5 Å². The Labute approximate surface area is 157 Å². The summed E-state index contributed by atoms with van der Waals surface area (Å²) in [6.07, 6.45) is 3.58. The standard InChI is InChI=1S/C17H21ClN4O2.ClH/c1-10(20-15(23)9-12-3-2-4-14(12)19)16-21-17(24-22-16)11-5-7-13(18)8-6-11;/h5-8,10,12,14H,2-4,9,19H2,1H3,(H,20,23);1H/t10?,12-,14+;/m0./s1. The average molecular weight is 385 g/mol. The van der Waals surface area contributed by atoms with E-state index in [1.54, 1.807) is 12.1 Å². The van der Waals surface area contributed by atoms with Crippen LogP contribution in [0, 0.1) is 5.92 Å². The van der Waals surface area contributed by atoms with Gasteiger partial charge in [0.2, 0.25) is 5.91 Å². The van der Waals surface area contributed by atoms with Crippen molar-refractivity contribution >= 4 is 29.9 Å². The van der Waals surface area contributed by atoms with Crippen molar-refractivity contribution in [1.82, 2.24) is 15.5 Å². The van der Waals surface area contributed by atoms with E-state index in [4.69, 9.17) is 21.9 Å². The van der Waals surface area contributed by atoms with Gasteiger partial charge in [-0.1, -0.05) is 23.2 Å². The van der Waals surface area contributed by atoms with Crippen molar-refractivity contribution in [2.45, 2.75) is 44.7 Å². The lowest BCUT2D eigenvalue weighted by Crippen LogP contribution is -2.33. The summed E-state index contributed by atoms with van der Waals surface area (Å²) in [5.41, 5.74) is 6.80. The molecule has 1 unspecified atom stereocenters. The fourth-order valence-electron chi connectivity index (χ4n) is 3.04. The Morgan fingerprint density at radius 1 is 1.40 bits per heavy atom. The summed E-state index contributed by atoms with van der Waals surface area (Å²) in [5.74, 6) is 1.10. The second-order valence-corrected chi connectivity index (χ2v) is 6.75. The van der Waals surface area contributed by atoms with E-state index in [1.807, 2.05) is 19.1 Å². The molecular weight excluding hydrogens is 363 g/mol. The number of halogens is 2. The molecule has 1 heterocycles. The van der Waals surface area contributed by atoms with Gasteiger partial charge in [-0.3, -0.25) is 4.79 Å². The lowest BCUT2D eigenvalue weighted by atomic mass is 10.00. The van der Waals surface area contributed by atoms with Crippen LogP contribution in [0.4, 0.5) is 0 Å². The second kappa shape index (κ2) is 8.65. The predicted octanol–water partition coefficient (Wildman–Crippen LogP) is 3.51. The highest BCUT2D eigenvalue weighted by Gasteiger charge is 2.27. The van der Waals surface area contributed by atoms with Crippen LogP contribution in [0.2, 0.25) is 5.02 Å². The molecule has 8 heteroatoms. The molecule has 0 saturated heterocycles. The third-order valence-electron chi connectivity index (χ3n) is 4.46. The summed E-state index contributed by atoms with van der Waals surface area (Å²) < 4.78 is 5.27. The van der Waals surface area contributed by atoms with Crippen molar-refractivity contribution in [2.75, 3.05) is 0 Å². The molecule has 1 aromatic heterocycles. The van der Waals surface area contributed by atoms with Crippen molar-refractivity contribution in [3.63, 3.8) is 0 Å². The SMILES string of the molecule is CC(NC(=O)C[C@@H]1CCC[C@H]1N)c1noc(-c2ccc(Cl)cc2)n1.Cl. The summed E-state index contributed by atoms with van der Waals surface area (Å²) in [6.45, 7) is 1.84. The first-order chi connectivity index (χ1) is 11.5. The summed E-state index contributed by atoms with van der Waals surface area (Å²) >= 11 is 5.87. The van der Waals surface area contributed by atoms with E-state index in [-0.39, 0.29) is 36.3 Å². The van der Waals surface area contributed by atoms with E-state index < -0.39 is 0 Å². The number of amides is 1. The Balaban J connectivity index is 0.00000225. The first-order valence-electron chi connectivity index (χ1n) is 8.17. The number of nitrogens with zero attached hydrogens (tertiary/aromatic N) is 2. The molecule has 1 fully saturated rings. The van der Waals surface area contributed by atoms with Gasteiger partial charge < -0.3 is 15.6 Å². The van der Waals surface area contributed by atoms with Crippen molar-refractivity contribution in [2.24, 2.45) is 11.7 Å². The molecule has 3 atom stereocenters. The number of hydrogen-bond donors (Lipinski definition) is 2. The molecule has 1 aliphatic rings. The van der Waals surface area contributed by atoms with Gasteiger partial charge in [0.1, 0.15) is 0 Å². The summed E-state index contributed by atoms with van der Waals surface area (Å²) in [4.78, 5) is 16.5. The third-order valence-corrected chi connectivity index (χ3v) is 4.72. The molecular formula is C17H22Cl2N4O2. The van der Waals surface area contributed by atoms with Gasteiger partial charge in [0.25, 0.3) is 5.89 Å². The quantitative estimate of drug-likeness (QED) is 0.822. The van der Waals surface area contributed by atoms with Crippen LogP contribution < -0.4 is 11.1 Å². The maximum absolute atomic E-state index is 12.2. The summed E-state index contributed by atoms with van der Waals surface area (Å²) in [6, 6.07) is 6.95. The Hall–Kier alpha value is -1.63. The van der Waals surface area contributed by atoms with E-state index >= 15 is 0 Å². The van der Waals surface area contributed by atoms with E-state index in [1.165, 1.54) is 0 Å². The largest absolute Gasteiger partial charge is 0.346 e. The first-order valence-corrected chi connectivity index (χ1v) is 8.55. The molecule has 2 aromatic rings. The molecule has 0 bridgehead atoms. The Kier molecular flexibility index (Phi) is 6.81. The minimum Gasteiger partial charge on any atom is -0.346 e. The maximum Gasteiger partial charge on any atom is 0.257 e. The van der Waals surface area contributed by atoms with Gasteiger partial charge in [-0.25, -0.2) is 0 Å². The number of carbonyl (C=O) groups is 1. The fraction of sp³-hybridized carbons (Fsp3) is 0.471. The van der Waals surface area contributed by atoms with E-state index in [9.17, 15) is 4.79 Å². The predicted molar refractivity (Wildman–Crippen MR) is 98.5 cm³/mol. The highest BCUT2D eigenvalue weighted by molar-refractivity contribution is 6.30. The van der Waals surface area contributed by atoms with E-state index in [0.29, 0.717) is 23.2 Å². The van der Waals surface area contributed by atoms with Gasteiger partial charge in [0, 0.05) is 23.0 Å². The normalized spacial score (nSPS) is 20.8. The number of nitrogens with one attached hydrogen (secondary N) is 1. The molecule has 0 aliphatic heterocycles. The van der Waals surface area contributed by atoms with Crippen molar-refractivity contribution in [1.29, 1.82) is 0 Å². The number of rotatable bonds is 5. The maximum atomic E-state index is 12.2. The number of benzene rings is 1. The van der Waals surface area contributed by atoms with Crippen LogP contribution in [-0.2, 0) is 4.79 Å². The Morgan fingerprint density at radius 2 is 2.12 bits per heavy atom. The molecule has 3 rings (SSSR count). The molecule has 1 amide bonds.